The molecule has 0 fully saturated rings. The maximum absolute atomic E-state index is 13.6. The SMILES string of the molecule is Cn1ccnc1Sc1ccc(F)cc1NC(=O)COc1ccccc1F. The van der Waals surface area contributed by atoms with Gasteiger partial charge in [-0.1, -0.05) is 12.1 Å². The number of hydrogen-bond donors (Lipinski definition) is 1. The van der Waals surface area contributed by atoms with Crippen molar-refractivity contribution >= 4 is 23.4 Å². The first-order chi connectivity index (χ1) is 12.5. The average Bonchev–Trinajstić information content (AvgIpc) is 3.01. The second-order valence-corrected chi connectivity index (χ2v) is 6.34. The fourth-order valence-electron chi connectivity index (χ4n) is 2.13. The van der Waals surface area contributed by atoms with E-state index in [1.54, 1.807) is 29.1 Å². The fraction of sp³-hybridized carbons (Fsp3) is 0.111. The number of anilines is 1. The summed E-state index contributed by atoms with van der Waals surface area (Å²) in [6, 6.07) is 9.86. The number of nitrogens with zero attached hydrogens (tertiary/aromatic N) is 2. The number of aromatic nitrogens is 2. The molecule has 0 aliphatic heterocycles. The molecule has 1 heterocycles. The summed E-state index contributed by atoms with van der Waals surface area (Å²) >= 11 is 1.28. The molecule has 1 aromatic heterocycles. The number of hydrogen-bond acceptors (Lipinski definition) is 4. The van der Waals surface area contributed by atoms with Crippen molar-refractivity contribution in [3.8, 4) is 5.75 Å². The predicted octanol–water partition coefficient (Wildman–Crippen LogP) is 3.87. The van der Waals surface area contributed by atoms with Crippen molar-refractivity contribution in [2.45, 2.75) is 10.1 Å². The first-order valence-electron chi connectivity index (χ1n) is 7.65. The van der Waals surface area contributed by atoms with Gasteiger partial charge >= 0.3 is 0 Å². The van der Waals surface area contributed by atoms with Crippen LogP contribution in [-0.4, -0.2) is 22.1 Å². The minimum absolute atomic E-state index is 0.0236. The molecular weight excluding hydrogens is 360 g/mol. The summed E-state index contributed by atoms with van der Waals surface area (Å²) < 4.78 is 34.1. The van der Waals surface area contributed by atoms with Crippen LogP contribution in [0.25, 0.3) is 0 Å². The van der Waals surface area contributed by atoms with E-state index in [4.69, 9.17) is 4.74 Å². The van der Waals surface area contributed by atoms with Crippen LogP contribution >= 0.6 is 11.8 Å². The van der Waals surface area contributed by atoms with E-state index < -0.39 is 24.1 Å². The average molecular weight is 375 g/mol. The zero-order valence-electron chi connectivity index (χ0n) is 13.8. The van der Waals surface area contributed by atoms with Crippen LogP contribution in [0.5, 0.6) is 5.75 Å². The molecule has 2 aromatic carbocycles. The lowest BCUT2D eigenvalue weighted by molar-refractivity contribution is -0.118. The number of carbonyl (C=O) groups is 1. The third-order valence-corrected chi connectivity index (χ3v) is 4.54. The molecule has 3 rings (SSSR count). The summed E-state index contributed by atoms with van der Waals surface area (Å²) in [4.78, 5) is 16.9. The van der Waals surface area contributed by atoms with Crippen LogP contribution in [0.2, 0.25) is 0 Å². The lowest BCUT2D eigenvalue weighted by Crippen LogP contribution is -2.21. The Morgan fingerprint density at radius 2 is 2.08 bits per heavy atom. The maximum Gasteiger partial charge on any atom is 0.262 e. The summed E-state index contributed by atoms with van der Waals surface area (Å²) in [7, 11) is 1.83. The van der Waals surface area contributed by atoms with Gasteiger partial charge in [0.15, 0.2) is 23.3 Å². The van der Waals surface area contributed by atoms with E-state index in [0.29, 0.717) is 15.7 Å². The topological polar surface area (TPSA) is 56.2 Å². The van der Waals surface area contributed by atoms with Gasteiger partial charge in [-0.2, -0.15) is 0 Å². The Balaban J connectivity index is 1.70. The largest absolute Gasteiger partial charge is 0.481 e. The number of ether oxygens (including phenoxy) is 1. The number of benzene rings is 2. The maximum atomic E-state index is 13.6. The van der Waals surface area contributed by atoms with Crippen LogP contribution in [0.3, 0.4) is 0 Å². The third-order valence-electron chi connectivity index (χ3n) is 3.39. The molecule has 0 saturated carbocycles. The zero-order chi connectivity index (χ0) is 18.5. The normalized spacial score (nSPS) is 10.6. The van der Waals surface area contributed by atoms with Crippen molar-refractivity contribution in [3.63, 3.8) is 0 Å². The smallest absolute Gasteiger partial charge is 0.262 e. The number of halogens is 2. The van der Waals surface area contributed by atoms with Gasteiger partial charge in [-0.05, 0) is 42.1 Å². The molecule has 0 saturated heterocycles. The third kappa shape index (κ3) is 4.40. The van der Waals surface area contributed by atoms with E-state index in [0.717, 1.165) is 0 Å². The Kier molecular flexibility index (Phi) is 5.52. The van der Waals surface area contributed by atoms with E-state index in [2.05, 4.69) is 10.3 Å². The van der Waals surface area contributed by atoms with Gasteiger partial charge in [0.2, 0.25) is 0 Å². The van der Waals surface area contributed by atoms with Crippen LogP contribution < -0.4 is 10.1 Å². The summed E-state index contributed by atoms with van der Waals surface area (Å²) in [5, 5.41) is 3.28. The first-order valence-corrected chi connectivity index (χ1v) is 8.46. The summed E-state index contributed by atoms with van der Waals surface area (Å²) in [6.45, 7) is -0.399. The minimum Gasteiger partial charge on any atom is -0.481 e. The number of rotatable bonds is 6. The van der Waals surface area contributed by atoms with Crippen LogP contribution in [-0.2, 0) is 11.8 Å². The van der Waals surface area contributed by atoms with E-state index in [-0.39, 0.29) is 5.75 Å². The minimum atomic E-state index is -0.558. The number of amides is 1. The molecule has 0 aliphatic carbocycles. The number of carbonyl (C=O) groups excluding carboxylic acids is 1. The molecular formula is C18H15F2N3O2S. The Labute approximate surface area is 153 Å². The number of aryl methyl sites for hydroxylation is 1. The van der Waals surface area contributed by atoms with Gasteiger partial charge in [0.05, 0.1) is 5.69 Å². The predicted molar refractivity (Wildman–Crippen MR) is 94.3 cm³/mol. The van der Waals surface area contributed by atoms with Crippen LogP contribution in [0.1, 0.15) is 0 Å². The van der Waals surface area contributed by atoms with Crippen LogP contribution in [0.15, 0.2) is 64.9 Å². The second kappa shape index (κ2) is 8.01. The molecule has 0 spiro atoms. The van der Waals surface area contributed by atoms with E-state index in [9.17, 15) is 13.6 Å². The Bertz CT molecular complexity index is 930. The fourth-order valence-corrected chi connectivity index (χ4v) is 3.00. The Hall–Kier alpha value is -2.87. The molecule has 0 atom stereocenters. The van der Waals surface area contributed by atoms with Gasteiger partial charge in [0, 0.05) is 24.3 Å². The van der Waals surface area contributed by atoms with Crippen molar-refractivity contribution in [2.24, 2.45) is 7.05 Å². The molecule has 134 valence electrons. The molecule has 0 unspecified atom stereocenters. The second-order valence-electron chi connectivity index (χ2n) is 5.33. The summed E-state index contributed by atoms with van der Waals surface area (Å²) in [5.74, 6) is -1.60. The number of para-hydroxylation sites is 1. The van der Waals surface area contributed by atoms with Crippen molar-refractivity contribution in [3.05, 3.63) is 66.5 Å². The molecule has 0 aliphatic rings. The highest BCUT2D eigenvalue weighted by molar-refractivity contribution is 7.99. The lowest BCUT2D eigenvalue weighted by atomic mass is 10.3. The molecule has 0 radical (unpaired) electrons. The van der Waals surface area contributed by atoms with Crippen molar-refractivity contribution in [1.82, 2.24) is 9.55 Å². The standard InChI is InChI=1S/C18H15F2N3O2S/c1-23-9-8-21-18(23)26-16-7-6-12(19)10-14(16)22-17(24)11-25-15-5-3-2-4-13(15)20/h2-10H,11H2,1H3,(H,22,24). The highest BCUT2D eigenvalue weighted by Crippen LogP contribution is 2.32. The van der Waals surface area contributed by atoms with Gasteiger partial charge < -0.3 is 14.6 Å². The van der Waals surface area contributed by atoms with Crippen molar-refractivity contribution < 1.29 is 18.3 Å². The van der Waals surface area contributed by atoms with Crippen LogP contribution in [0.4, 0.5) is 14.5 Å². The molecule has 8 heteroatoms. The monoisotopic (exact) mass is 375 g/mol. The highest BCUT2D eigenvalue weighted by Gasteiger charge is 2.13. The van der Waals surface area contributed by atoms with Gasteiger partial charge in [-0.15, -0.1) is 0 Å². The van der Waals surface area contributed by atoms with Gasteiger partial charge in [-0.3, -0.25) is 4.79 Å². The molecule has 3 aromatic rings. The molecule has 1 amide bonds. The summed E-state index contributed by atoms with van der Waals surface area (Å²) in [6.07, 6.45) is 3.43. The number of nitrogens with one attached hydrogen (secondary N) is 1. The van der Waals surface area contributed by atoms with E-state index in [1.165, 1.54) is 42.1 Å². The Morgan fingerprint density at radius 1 is 1.27 bits per heavy atom. The van der Waals surface area contributed by atoms with Gasteiger partial charge in [0.25, 0.3) is 5.91 Å². The van der Waals surface area contributed by atoms with Crippen LogP contribution in [0, 0.1) is 11.6 Å². The lowest BCUT2D eigenvalue weighted by Gasteiger charge is -2.12. The van der Waals surface area contributed by atoms with Crippen molar-refractivity contribution in [2.75, 3.05) is 11.9 Å². The van der Waals surface area contributed by atoms with E-state index >= 15 is 0 Å². The first kappa shape index (κ1) is 17.9. The van der Waals surface area contributed by atoms with Gasteiger partial charge in [-0.25, -0.2) is 13.8 Å². The highest BCUT2D eigenvalue weighted by atomic mass is 32.2. The zero-order valence-corrected chi connectivity index (χ0v) is 14.6. The molecule has 5 nitrogen and oxygen atoms in total. The quantitative estimate of drug-likeness (QED) is 0.711. The van der Waals surface area contributed by atoms with E-state index in [1.807, 2.05) is 7.05 Å². The Morgan fingerprint density at radius 3 is 2.81 bits per heavy atom. The summed E-state index contributed by atoms with van der Waals surface area (Å²) in [5.41, 5.74) is 0.292. The molecule has 0 bridgehead atoms. The number of imidazole rings is 1. The molecule has 1 N–H and O–H groups in total. The van der Waals surface area contributed by atoms with Gasteiger partial charge in [0.1, 0.15) is 5.82 Å². The van der Waals surface area contributed by atoms with Crippen molar-refractivity contribution in [1.29, 1.82) is 0 Å². The molecule has 26 heavy (non-hydrogen) atoms.